The minimum Gasteiger partial charge on any atom is -0.465 e. The van der Waals surface area contributed by atoms with E-state index in [1.165, 1.54) is 11.4 Å². The number of esters is 1. The van der Waals surface area contributed by atoms with Crippen LogP contribution in [0.2, 0.25) is 0 Å². The van der Waals surface area contributed by atoms with Gasteiger partial charge >= 0.3 is 5.97 Å². The Morgan fingerprint density at radius 3 is 2.38 bits per heavy atom. The normalized spacial score (nSPS) is 11.6. The summed E-state index contributed by atoms with van der Waals surface area (Å²) in [5.74, 6) is -0.587. The van der Waals surface area contributed by atoms with Gasteiger partial charge in [0, 0.05) is 19.7 Å². The van der Waals surface area contributed by atoms with Crippen molar-refractivity contribution < 1.29 is 23.1 Å². The molecule has 0 aromatic heterocycles. The first-order valence-electron chi connectivity index (χ1n) is 6.70. The maximum atomic E-state index is 12.3. The third-order valence-corrected chi connectivity index (χ3v) is 4.96. The number of aliphatic hydroxyl groups is 1. The molecule has 0 atom stereocenters. The van der Waals surface area contributed by atoms with Crippen molar-refractivity contribution in [3.05, 3.63) is 35.4 Å². The van der Waals surface area contributed by atoms with Crippen molar-refractivity contribution in [2.45, 2.75) is 19.1 Å². The number of nitrogens with zero attached hydrogens (tertiary/aromatic N) is 1. The van der Waals surface area contributed by atoms with Gasteiger partial charge in [-0.3, -0.25) is 0 Å². The molecule has 1 rings (SSSR count). The molecule has 118 valence electrons. The lowest BCUT2D eigenvalue weighted by molar-refractivity contribution is 0.0600. The Morgan fingerprint density at radius 2 is 1.90 bits per heavy atom. The van der Waals surface area contributed by atoms with E-state index in [4.69, 9.17) is 5.11 Å². The Bertz CT molecular complexity index is 553. The second kappa shape index (κ2) is 8.11. The van der Waals surface area contributed by atoms with E-state index in [2.05, 4.69) is 4.74 Å². The predicted molar refractivity (Wildman–Crippen MR) is 79.4 cm³/mol. The van der Waals surface area contributed by atoms with E-state index < -0.39 is 16.0 Å². The van der Waals surface area contributed by atoms with Crippen LogP contribution in [-0.2, 0) is 20.5 Å². The number of methoxy groups -OCH3 is 1. The number of ether oxygens (including phenoxy) is 1. The van der Waals surface area contributed by atoms with Gasteiger partial charge in [-0.25, -0.2) is 17.5 Å². The van der Waals surface area contributed by atoms with Crippen LogP contribution in [0.25, 0.3) is 0 Å². The summed E-state index contributed by atoms with van der Waals surface area (Å²) in [6.07, 6.45) is 0.411. The van der Waals surface area contributed by atoms with Gasteiger partial charge in [-0.05, 0) is 24.1 Å². The Kier molecular flexibility index (Phi) is 6.80. The molecule has 0 unspecified atom stereocenters. The fraction of sp³-hybridized carbons (Fsp3) is 0.500. The van der Waals surface area contributed by atoms with Crippen LogP contribution < -0.4 is 0 Å². The maximum Gasteiger partial charge on any atom is 0.337 e. The molecule has 0 radical (unpaired) electrons. The van der Waals surface area contributed by atoms with Crippen LogP contribution in [0.1, 0.15) is 29.3 Å². The molecule has 0 saturated heterocycles. The van der Waals surface area contributed by atoms with Gasteiger partial charge < -0.3 is 9.84 Å². The number of rotatable bonds is 8. The Labute approximate surface area is 125 Å². The summed E-state index contributed by atoms with van der Waals surface area (Å²) in [7, 11) is -2.14. The van der Waals surface area contributed by atoms with Crippen LogP contribution in [0.4, 0.5) is 0 Å². The first kappa shape index (κ1) is 17.6. The van der Waals surface area contributed by atoms with E-state index in [0.29, 0.717) is 30.6 Å². The van der Waals surface area contributed by atoms with E-state index in [1.807, 2.05) is 0 Å². The van der Waals surface area contributed by atoms with Crippen molar-refractivity contribution >= 4 is 16.0 Å². The van der Waals surface area contributed by atoms with Gasteiger partial charge in [0.25, 0.3) is 0 Å². The van der Waals surface area contributed by atoms with Crippen molar-refractivity contribution in [1.29, 1.82) is 0 Å². The molecule has 1 N–H and O–H groups in total. The Balaban J connectivity index is 2.81. The minimum atomic E-state index is -3.43. The molecule has 0 fully saturated rings. The second-order valence-corrected chi connectivity index (χ2v) is 6.48. The highest BCUT2D eigenvalue weighted by atomic mass is 32.2. The monoisotopic (exact) mass is 315 g/mol. The molecule has 0 saturated carbocycles. The third kappa shape index (κ3) is 5.11. The van der Waals surface area contributed by atoms with Crippen LogP contribution >= 0.6 is 0 Å². The standard InChI is InChI=1S/C14H21NO5S/c1-3-15(9-4-10-16)21(18,19)11-12-5-7-13(8-6-12)14(17)20-2/h5-8,16H,3-4,9-11H2,1-2H3. The molecule has 0 aliphatic carbocycles. The van der Waals surface area contributed by atoms with E-state index in [1.54, 1.807) is 31.2 Å². The maximum absolute atomic E-state index is 12.3. The van der Waals surface area contributed by atoms with E-state index in [9.17, 15) is 13.2 Å². The SMILES string of the molecule is CCN(CCCO)S(=O)(=O)Cc1ccc(C(=O)OC)cc1. The number of carbonyl (C=O) groups excluding carboxylic acids is 1. The summed E-state index contributed by atoms with van der Waals surface area (Å²) < 4.78 is 30.5. The van der Waals surface area contributed by atoms with Gasteiger partial charge in [0.1, 0.15) is 0 Å². The lowest BCUT2D eigenvalue weighted by Gasteiger charge is -2.20. The van der Waals surface area contributed by atoms with Crippen molar-refractivity contribution in [1.82, 2.24) is 4.31 Å². The van der Waals surface area contributed by atoms with Gasteiger partial charge in [-0.15, -0.1) is 0 Å². The molecule has 0 heterocycles. The highest BCUT2D eigenvalue weighted by Gasteiger charge is 2.20. The van der Waals surface area contributed by atoms with Gasteiger partial charge in [0.05, 0.1) is 18.4 Å². The largest absolute Gasteiger partial charge is 0.465 e. The summed E-state index contributed by atoms with van der Waals surface area (Å²) in [6, 6.07) is 6.29. The van der Waals surface area contributed by atoms with Gasteiger partial charge in [0.15, 0.2) is 0 Å². The van der Waals surface area contributed by atoms with Gasteiger partial charge in [0.2, 0.25) is 10.0 Å². The lowest BCUT2D eigenvalue weighted by Crippen LogP contribution is -2.33. The summed E-state index contributed by atoms with van der Waals surface area (Å²) in [4.78, 5) is 11.3. The van der Waals surface area contributed by atoms with Gasteiger partial charge in [-0.2, -0.15) is 0 Å². The number of hydrogen-bond acceptors (Lipinski definition) is 5. The van der Waals surface area contributed by atoms with Gasteiger partial charge in [-0.1, -0.05) is 19.1 Å². The Morgan fingerprint density at radius 1 is 1.29 bits per heavy atom. The molecule has 1 aromatic carbocycles. The van der Waals surface area contributed by atoms with Crippen LogP contribution in [0.5, 0.6) is 0 Å². The number of aliphatic hydroxyl groups excluding tert-OH is 1. The summed E-state index contributed by atoms with van der Waals surface area (Å²) in [5, 5.41) is 8.81. The fourth-order valence-corrected chi connectivity index (χ4v) is 3.49. The average Bonchev–Trinajstić information content (AvgIpc) is 2.47. The van der Waals surface area contributed by atoms with Crippen molar-refractivity contribution in [3.63, 3.8) is 0 Å². The van der Waals surface area contributed by atoms with E-state index >= 15 is 0 Å². The molecule has 7 heteroatoms. The van der Waals surface area contributed by atoms with E-state index in [0.717, 1.165) is 0 Å². The molecule has 0 bridgehead atoms. The smallest absolute Gasteiger partial charge is 0.337 e. The first-order valence-corrected chi connectivity index (χ1v) is 8.31. The highest BCUT2D eigenvalue weighted by Crippen LogP contribution is 2.13. The van der Waals surface area contributed by atoms with Crippen molar-refractivity contribution in [2.24, 2.45) is 0 Å². The zero-order chi connectivity index (χ0) is 15.9. The number of sulfonamides is 1. The summed E-state index contributed by atoms with van der Waals surface area (Å²) in [5.41, 5.74) is 0.983. The molecule has 0 spiro atoms. The first-order chi connectivity index (χ1) is 9.94. The molecule has 6 nitrogen and oxygen atoms in total. The van der Waals surface area contributed by atoms with E-state index in [-0.39, 0.29) is 12.4 Å². The number of hydrogen-bond donors (Lipinski definition) is 1. The quantitative estimate of drug-likeness (QED) is 0.724. The molecule has 0 aliphatic heterocycles. The molecular weight excluding hydrogens is 294 g/mol. The van der Waals surface area contributed by atoms with Crippen molar-refractivity contribution in [3.8, 4) is 0 Å². The van der Waals surface area contributed by atoms with Crippen LogP contribution in [0, 0.1) is 0 Å². The van der Waals surface area contributed by atoms with Crippen molar-refractivity contribution in [2.75, 3.05) is 26.8 Å². The molecular formula is C14H21NO5S. The van der Waals surface area contributed by atoms with Crippen LogP contribution in [0.15, 0.2) is 24.3 Å². The second-order valence-electron chi connectivity index (χ2n) is 4.51. The highest BCUT2D eigenvalue weighted by molar-refractivity contribution is 7.88. The molecule has 1 aromatic rings. The molecule has 21 heavy (non-hydrogen) atoms. The topological polar surface area (TPSA) is 83.9 Å². The molecule has 0 aliphatic rings. The summed E-state index contributed by atoms with van der Waals surface area (Å²) in [6.45, 7) is 2.38. The molecule has 0 amide bonds. The minimum absolute atomic E-state index is 0.0418. The lowest BCUT2D eigenvalue weighted by atomic mass is 10.1. The summed E-state index contributed by atoms with van der Waals surface area (Å²) >= 11 is 0. The fourth-order valence-electron chi connectivity index (χ4n) is 1.90. The number of carbonyl (C=O) groups is 1. The average molecular weight is 315 g/mol. The number of benzene rings is 1. The third-order valence-electron chi connectivity index (χ3n) is 3.04. The zero-order valence-electron chi connectivity index (χ0n) is 12.3. The van der Waals surface area contributed by atoms with Crippen LogP contribution in [-0.4, -0.2) is 50.6 Å². The zero-order valence-corrected chi connectivity index (χ0v) is 13.1. The Hall–Kier alpha value is -1.44. The predicted octanol–water partition coefficient (Wildman–Crippen LogP) is 1.01. The van der Waals surface area contributed by atoms with Crippen LogP contribution in [0.3, 0.4) is 0 Å².